The lowest BCUT2D eigenvalue weighted by Gasteiger charge is -2.03. The molecule has 0 atom stereocenters. The Hall–Kier alpha value is -1.92. The number of hydrogen-bond donors (Lipinski definition) is 0. The smallest absolute Gasteiger partial charge is 0.211 e. The lowest BCUT2D eigenvalue weighted by molar-refractivity contribution is 0.565. The number of fused-ring (bicyclic) bond motifs is 1. The van der Waals surface area contributed by atoms with Gasteiger partial charge in [-0.2, -0.15) is 4.99 Å². The highest BCUT2D eigenvalue weighted by Crippen LogP contribution is 2.26. The Bertz CT molecular complexity index is 525. The summed E-state index contributed by atoms with van der Waals surface area (Å²) in [7, 11) is 0. The number of rotatable bonds is 1. The molecule has 2 aromatic rings. The normalized spacial score (nSPS) is 9.79. The number of isocyanates is 1. The predicted octanol–water partition coefficient (Wildman–Crippen LogP) is 3.12. The SMILES string of the molecule is Cc1c(N=C=O)ccc2ccccc12. The lowest BCUT2D eigenvalue weighted by Crippen LogP contribution is -1.78. The summed E-state index contributed by atoms with van der Waals surface area (Å²) < 4.78 is 0. The maximum atomic E-state index is 10.2. The van der Waals surface area contributed by atoms with Gasteiger partial charge in [0, 0.05) is 0 Å². The van der Waals surface area contributed by atoms with Crippen LogP contribution < -0.4 is 0 Å². The van der Waals surface area contributed by atoms with Gasteiger partial charge in [0.1, 0.15) is 0 Å². The second-order valence-corrected chi connectivity index (χ2v) is 3.13. The van der Waals surface area contributed by atoms with Crippen LogP contribution in [0.25, 0.3) is 10.8 Å². The average molecular weight is 183 g/mol. The fourth-order valence-electron chi connectivity index (χ4n) is 1.59. The largest absolute Gasteiger partial charge is 0.240 e. The highest BCUT2D eigenvalue weighted by atomic mass is 16.1. The van der Waals surface area contributed by atoms with Gasteiger partial charge in [-0.1, -0.05) is 30.3 Å². The van der Waals surface area contributed by atoms with Crippen molar-refractivity contribution in [3.63, 3.8) is 0 Å². The Morgan fingerprint density at radius 1 is 1.14 bits per heavy atom. The van der Waals surface area contributed by atoms with Crippen molar-refractivity contribution in [2.45, 2.75) is 6.92 Å². The summed E-state index contributed by atoms with van der Waals surface area (Å²) in [5.74, 6) is 0. The van der Waals surface area contributed by atoms with Crippen molar-refractivity contribution in [2.24, 2.45) is 4.99 Å². The van der Waals surface area contributed by atoms with Crippen LogP contribution in [0.2, 0.25) is 0 Å². The first-order chi connectivity index (χ1) is 6.83. The molecule has 0 N–H and O–H groups in total. The molecule has 0 bridgehead atoms. The quantitative estimate of drug-likeness (QED) is 0.493. The summed E-state index contributed by atoms with van der Waals surface area (Å²) in [6.45, 7) is 1.96. The molecular weight excluding hydrogens is 174 g/mol. The predicted molar refractivity (Wildman–Crippen MR) is 56.5 cm³/mol. The zero-order chi connectivity index (χ0) is 9.97. The Labute approximate surface area is 81.9 Å². The fourth-order valence-corrected chi connectivity index (χ4v) is 1.59. The van der Waals surface area contributed by atoms with Gasteiger partial charge in [-0.15, -0.1) is 0 Å². The molecule has 0 unspecified atom stereocenters. The van der Waals surface area contributed by atoms with E-state index in [0.717, 1.165) is 16.3 Å². The molecule has 0 saturated heterocycles. The monoisotopic (exact) mass is 183 g/mol. The summed E-state index contributed by atoms with van der Waals surface area (Å²) >= 11 is 0. The molecule has 14 heavy (non-hydrogen) atoms. The molecule has 0 spiro atoms. The van der Waals surface area contributed by atoms with Crippen LogP contribution in [0.15, 0.2) is 41.4 Å². The number of hydrogen-bond acceptors (Lipinski definition) is 2. The van der Waals surface area contributed by atoms with E-state index in [4.69, 9.17) is 0 Å². The molecule has 2 aromatic carbocycles. The Kier molecular flexibility index (Phi) is 2.13. The highest BCUT2D eigenvalue weighted by molar-refractivity contribution is 5.89. The second-order valence-electron chi connectivity index (χ2n) is 3.13. The zero-order valence-electron chi connectivity index (χ0n) is 7.82. The van der Waals surface area contributed by atoms with E-state index in [1.165, 1.54) is 0 Å². The Morgan fingerprint density at radius 2 is 1.93 bits per heavy atom. The summed E-state index contributed by atoms with van der Waals surface area (Å²) in [6.07, 6.45) is 1.56. The molecule has 2 rings (SSSR count). The van der Waals surface area contributed by atoms with Crippen molar-refractivity contribution in [3.8, 4) is 0 Å². The van der Waals surface area contributed by atoms with E-state index < -0.39 is 0 Å². The van der Waals surface area contributed by atoms with Crippen LogP contribution in [-0.4, -0.2) is 6.08 Å². The molecule has 2 nitrogen and oxygen atoms in total. The minimum atomic E-state index is 0.693. The second kappa shape index (κ2) is 3.44. The van der Waals surface area contributed by atoms with Crippen molar-refractivity contribution >= 4 is 22.5 Å². The number of carbonyl (C=O) groups excluding carboxylic acids is 1. The van der Waals surface area contributed by atoms with Crippen molar-refractivity contribution in [1.29, 1.82) is 0 Å². The molecule has 0 aliphatic carbocycles. The molecule has 0 fully saturated rings. The maximum Gasteiger partial charge on any atom is 0.240 e. The molecule has 2 heteroatoms. The minimum Gasteiger partial charge on any atom is -0.211 e. The van der Waals surface area contributed by atoms with Crippen LogP contribution in [-0.2, 0) is 4.79 Å². The van der Waals surface area contributed by atoms with E-state index in [9.17, 15) is 4.79 Å². The van der Waals surface area contributed by atoms with Gasteiger partial charge in [0.15, 0.2) is 0 Å². The van der Waals surface area contributed by atoms with Gasteiger partial charge in [-0.05, 0) is 29.3 Å². The average Bonchev–Trinajstić information content (AvgIpc) is 2.23. The first kappa shape index (κ1) is 8.67. The fraction of sp³-hybridized carbons (Fsp3) is 0.0833. The number of aliphatic imine (C=N–C) groups is 1. The van der Waals surface area contributed by atoms with E-state index >= 15 is 0 Å². The van der Waals surface area contributed by atoms with Crippen molar-refractivity contribution in [1.82, 2.24) is 0 Å². The first-order valence-electron chi connectivity index (χ1n) is 4.39. The molecule has 68 valence electrons. The molecule has 0 heterocycles. The van der Waals surface area contributed by atoms with E-state index in [0.29, 0.717) is 5.69 Å². The first-order valence-corrected chi connectivity index (χ1v) is 4.39. The maximum absolute atomic E-state index is 10.2. The van der Waals surface area contributed by atoms with E-state index in [-0.39, 0.29) is 0 Å². The van der Waals surface area contributed by atoms with Crippen LogP contribution in [0.1, 0.15) is 5.56 Å². The number of aryl methyl sites for hydroxylation is 1. The van der Waals surface area contributed by atoms with Gasteiger partial charge in [0.2, 0.25) is 6.08 Å². The summed E-state index contributed by atoms with van der Waals surface area (Å²) in [6, 6.07) is 11.8. The third-order valence-corrected chi connectivity index (χ3v) is 2.34. The van der Waals surface area contributed by atoms with Gasteiger partial charge >= 0.3 is 0 Å². The van der Waals surface area contributed by atoms with Crippen molar-refractivity contribution < 1.29 is 4.79 Å². The highest BCUT2D eigenvalue weighted by Gasteiger charge is 2.00. The van der Waals surface area contributed by atoms with Crippen molar-refractivity contribution in [3.05, 3.63) is 42.0 Å². The summed E-state index contributed by atoms with van der Waals surface area (Å²) in [4.78, 5) is 13.8. The molecule has 0 aliphatic rings. The van der Waals surface area contributed by atoms with Crippen LogP contribution in [0.3, 0.4) is 0 Å². The standard InChI is InChI=1S/C12H9NO/c1-9-11-5-3-2-4-10(11)6-7-12(9)13-8-14/h2-7H,1H3. The lowest BCUT2D eigenvalue weighted by atomic mass is 10.0. The zero-order valence-corrected chi connectivity index (χ0v) is 7.82. The third-order valence-electron chi connectivity index (χ3n) is 2.34. The molecule has 0 amide bonds. The van der Waals surface area contributed by atoms with E-state index in [1.807, 2.05) is 43.3 Å². The molecule has 0 radical (unpaired) electrons. The van der Waals surface area contributed by atoms with Gasteiger partial charge in [0.25, 0.3) is 0 Å². The molecule has 0 aromatic heterocycles. The van der Waals surface area contributed by atoms with Crippen molar-refractivity contribution in [2.75, 3.05) is 0 Å². The minimum absolute atomic E-state index is 0.693. The number of benzene rings is 2. The van der Waals surface area contributed by atoms with Crippen LogP contribution in [0, 0.1) is 6.92 Å². The number of nitrogens with zero attached hydrogens (tertiary/aromatic N) is 1. The topological polar surface area (TPSA) is 29.4 Å². The van der Waals surface area contributed by atoms with Crippen LogP contribution in [0.4, 0.5) is 5.69 Å². The Balaban J connectivity index is 2.81. The van der Waals surface area contributed by atoms with E-state index in [2.05, 4.69) is 4.99 Å². The van der Waals surface area contributed by atoms with Gasteiger partial charge in [0.05, 0.1) is 5.69 Å². The van der Waals surface area contributed by atoms with E-state index in [1.54, 1.807) is 6.08 Å². The Morgan fingerprint density at radius 3 is 2.71 bits per heavy atom. The molecular formula is C12H9NO. The molecule has 0 aliphatic heterocycles. The van der Waals surface area contributed by atoms with Gasteiger partial charge < -0.3 is 0 Å². The summed E-state index contributed by atoms with van der Waals surface area (Å²) in [5, 5.41) is 2.29. The van der Waals surface area contributed by atoms with Gasteiger partial charge in [-0.25, -0.2) is 4.79 Å². The van der Waals surface area contributed by atoms with Crippen LogP contribution in [0.5, 0.6) is 0 Å². The third kappa shape index (κ3) is 1.32. The van der Waals surface area contributed by atoms with Gasteiger partial charge in [-0.3, -0.25) is 0 Å². The molecule has 0 saturated carbocycles. The summed E-state index contributed by atoms with van der Waals surface area (Å²) in [5.41, 5.74) is 1.71. The van der Waals surface area contributed by atoms with Crippen LogP contribution >= 0.6 is 0 Å².